The summed E-state index contributed by atoms with van der Waals surface area (Å²) in [5.41, 5.74) is 5.50. The fraction of sp³-hybridized carbons (Fsp3) is 0.923. The van der Waals surface area contributed by atoms with Gasteiger partial charge < -0.3 is 15.6 Å². The number of carboxylic acid groups (broad SMARTS) is 1. The SMILES string of the molecule is NC(COC1C2CC3CC(C2)CC1C3)C(=O)O. The Morgan fingerprint density at radius 2 is 1.71 bits per heavy atom. The van der Waals surface area contributed by atoms with E-state index in [9.17, 15) is 4.79 Å². The lowest BCUT2D eigenvalue weighted by molar-refractivity contribution is -0.148. The van der Waals surface area contributed by atoms with E-state index in [4.69, 9.17) is 15.6 Å². The molecule has 0 aromatic carbocycles. The minimum atomic E-state index is -0.964. The van der Waals surface area contributed by atoms with Crippen LogP contribution in [-0.2, 0) is 9.53 Å². The molecule has 4 bridgehead atoms. The molecule has 4 saturated carbocycles. The highest BCUT2D eigenvalue weighted by atomic mass is 16.5. The van der Waals surface area contributed by atoms with Gasteiger partial charge in [-0.1, -0.05) is 0 Å². The summed E-state index contributed by atoms with van der Waals surface area (Å²) < 4.78 is 5.84. The monoisotopic (exact) mass is 239 g/mol. The number of rotatable bonds is 4. The van der Waals surface area contributed by atoms with Crippen LogP contribution >= 0.6 is 0 Å². The van der Waals surface area contributed by atoms with E-state index in [2.05, 4.69) is 0 Å². The van der Waals surface area contributed by atoms with E-state index in [-0.39, 0.29) is 12.7 Å². The Labute approximate surface area is 102 Å². The molecule has 0 amide bonds. The molecule has 1 atom stereocenters. The zero-order valence-corrected chi connectivity index (χ0v) is 10.0. The second-order valence-corrected chi connectivity index (χ2v) is 6.17. The Morgan fingerprint density at radius 1 is 1.18 bits per heavy atom. The lowest BCUT2D eigenvalue weighted by atomic mass is 9.55. The molecule has 4 heteroatoms. The second kappa shape index (κ2) is 4.25. The summed E-state index contributed by atoms with van der Waals surface area (Å²) in [7, 11) is 0. The summed E-state index contributed by atoms with van der Waals surface area (Å²) in [6, 6.07) is -0.868. The van der Waals surface area contributed by atoms with Crippen LogP contribution in [0.1, 0.15) is 32.1 Å². The Hall–Kier alpha value is -0.610. The number of nitrogens with two attached hydrogens (primary N) is 1. The summed E-state index contributed by atoms with van der Waals surface area (Å²) in [4.78, 5) is 10.7. The highest BCUT2D eigenvalue weighted by molar-refractivity contribution is 5.73. The van der Waals surface area contributed by atoms with Crippen molar-refractivity contribution in [3.63, 3.8) is 0 Å². The summed E-state index contributed by atoms with van der Waals surface area (Å²) in [6.45, 7) is 0.169. The number of carboxylic acids is 1. The van der Waals surface area contributed by atoms with Gasteiger partial charge in [-0.15, -0.1) is 0 Å². The normalized spacial score (nSPS) is 44.9. The fourth-order valence-corrected chi connectivity index (χ4v) is 4.43. The summed E-state index contributed by atoms with van der Waals surface area (Å²) in [6.07, 6.45) is 6.88. The number of ether oxygens (including phenoxy) is 1. The maximum absolute atomic E-state index is 10.7. The minimum absolute atomic E-state index is 0.169. The zero-order valence-electron chi connectivity index (χ0n) is 10.0. The molecule has 4 fully saturated rings. The third-order valence-electron chi connectivity index (χ3n) is 4.93. The predicted molar refractivity (Wildman–Crippen MR) is 62.4 cm³/mol. The highest BCUT2D eigenvalue weighted by Gasteiger charge is 2.48. The van der Waals surface area contributed by atoms with Crippen molar-refractivity contribution >= 4 is 5.97 Å². The van der Waals surface area contributed by atoms with Gasteiger partial charge in [0.2, 0.25) is 0 Å². The van der Waals surface area contributed by atoms with Crippen LogP contribution in [0.5, 0.6) is 0 Å². The molecule has 96 valence electrons. The van der Waals surface area contributed by atoms with Crippen LogP contribution in [0.3, 0.4) is 0 Å². The van der Waals surface area contributed by atoms with Crippen LogP contribution < -0.4 is 5.73 Å². The summed E-state index contributed by atoms with van der Waals surface area (Å²) >= 11 is 0. The van der Waals surface area contributed by atoms with Crippen LogP contribution in [0, 0.1) is 23.7 Å². The van der Waals surface area contributed by atoms with Crippen molar-refractivity contribution in [2.45, 2.75) is 44.2 Å². The van der Waals surface area contributed by atoms with Crippen molar-refractivity contribution in [1.29, 1.82) is 0 Å². The molecule has 4 rings (SSSR count). The van der Waals surface area contributed by atoms with Crippen LogP contribution in [0.25, 0.3) is 0 Å². The number of hydrogen-bond acceptors (Lipinski definition) is 3. The molecule has 0 spiro atoms. The van der Waals surface area contributed by atoms with Gasteiger partial charge in [-0.25, -0.2) is 0 Å². The maximum atomic E-state index is 10.7. The minimum Gasteiger partial charge on any atom is -0.480 e. The lowest BCUT2D eigenvalue weighted by Gasteiger charge is -2.54. The van der Waals surface area contributed by atoms with Crippen molar-refractivity contribution in [3.05, 3.63) is 0 Å². The molecule has 0 radical (unpaired) electrons. The van der Waals surface area contributed by atoms with Crippen molar-refractivity contribution in [1.82, 2.24) is 0 Å². The van der Waals surface area contributed by atoms with Crippen LogP contribution in [0.15, 0.2) is 0 Å². The van der Waals surface area contributed by atoms with Crippen molar-refractivity contribution in [2.75, 3.05) is 6.61 Å². The maximum Gasteiger partial charge on any atom is 0.322 e. The molecule has 0 aliphatic heterocycles. The Morgan fingerprint density at radius 3 is 2.18 bits per heavy atom. The summed E-state index contributed by atoms with van der Waals surface area (Å²) in [5, 5.41) is 8.76. The first kappa shape index (κ1) is 11.5. The smallest absolute Gasteiger partial charge is 0.322 e. The van der Waals surface area contributed by atoms with Gasteiger partial charge in [-0.2, -0.15) is 0 Å². The molecular formula is C13H21NO3. The van der Waals surface area contributed by atoms with Gasteiger partial charge in [0.15, 0.2) is 0 Å². The molecular weight excluding hydrogens is 218 g/mol. The van der Waals surface area contributed by atoms with Crippen LogP contribution in [0.4, 0.5) is 0 Å². The quantitative estimate of drug-likeness (QED) is 0.774. The Bertz CT molecular complexity index is 290. The largest absolute Gasteiger partial charge is 0.480 e. The average molecular weight is 239 g/mol. The summed E-state index contributed by atoms with van der Waals surface area (Å²) in [5.74, 6) is 2.23. The first-order valence-corrected chi connectivity index (χ1v) is 6.73. The number of aliphatic carboxylic acids is 1. The van der Waals surface area contributed by atoms with E-state index in [0.717, 1.165) is 11.8 Å². The van der Waals surface area contributed by atoms with Gasteiger partial charge in [0, 0.05) is 0 Å². The zero-order chi connectivity index (χ0) is 12.0. The molecule has 0 heterocycles. The molecule has 0 aromatic rings. The van der Waals surface area contributed by atoms with Crippen LogP contribution in [-0.4, -0.2) is 29.8 Å². The van der Waals surface area contributed by atoms with Crippen molar-refractivity contribution in [2.24, 2.45) is 29.4 Å². The number of carbonyl (C=O) groups is 1. The molecule has 0 aromatic heterocycles. The third kappa shape index (κ3) is 2.08. The van der Waals surface area contributed by atoms with E-state index in [1.54, 1.807) is 0 Å². The van der Waals surface area contributed by atoms with Gasteiger partial charge in [-0.3, -0.25) is 4.79 Å². The molecule has 0 saturated heterocycles. The van der Waals surface area contributed by atoms with E-state index in [1.807, 2.05) is 0 Å². The standard InChI is InChI=1S/C13H21NO3/c14-11(13(15)16)6-17-12-9-2-7-1-8(4-9)5-10(12)3-7/h7-12H,1-6,14H2,(H,15,16). The van der Waals surface area contributed by atoms with E-state index < -0.39 is 12.0 Å². The first-order valence-electron chi connectivity index (χ1n) is 6.73. The van der Waals surface area contributed by atoms with Crippen molar-refractivity contribution in [3.8, 4) is 0 Å². The van der Waals surface area contributed by atoms with Gasteiger partial charge in [-0.05, 0) is 55.8 Å². The highest BCUT2D eigenvalue weighted by Crippen LogP contribution is 2.54. The number of hydrogen-bond donors (Lipinski definition) is 2. The van der Waals surface area contributed by atoms with Crippen molar-refractivity contribution < 1.29 is 14.6 Å². The molecule has 4 nitrogen and oxygen atoms in total. The Kier molecular flexibility index (Phi) is 2.87. The Balaban J connectivity index is 1.59. The molecule has 3 N–H and O–H groups in total. The second-order valence-electron chi connectivity index (χ2n) is 6.17. The molecule has 4 aliphatic rings. The van der Waals surface area contributed by atoms with Crippen LogP contribution in [0.2, 0.25) is 0 Å². The van der Waals surface area contributed by atoms with E-state index in [0.29, 0.717) is 11.8 Å². The molecule has 4 aliphatic carbocycles. The fourth-order valence-electron chi connectivity index (χ4n) is 4.43. The van der Waals surface area contributed by atoms with Gasteiger partial charge in [0.05, 0.1) is 12.7 Å². The average Bonchev–Trinajstić information content (AvgIpc) is 2.26. The molecule has 17 heavy (non-hydrogen) atoms. The van der Waals surface area contributed by atoms with Gasteiger partial charge >= 0.3 is 5.97 Å². The van der Waals surface area contributed by atoms with Gasteiger partial charge in [0.25, 0.3) is 0 Å². The van der Waals surface area contributed by atoms with E-state index >= 15 is 0 Å². The predicted octanol–water partition coefficient (Wildman–Crippen LogP) is 1.24. The topological polar surface area (TPSA) is 72.5 Å². The van der Waals surface area contributed by atoms with E-state index in [1.165, 1.54) is 32.1 Å². The van der Waals surface area contributed by atoms with Gasteiger partial charge in [0.1, 0.15) is 6.04 Å². The molecule has 1 unspecified atom stereocenters. The third-order valence-corrected chi connectivity index (χ3v) is 4.93. The first-order chi connectivity index (χ1) is 8.13. The lowest BCUT2D eigenvalue weighted by Crippen LogP contribution is -2.50.